The monoisotopic (exact) mass is 584 g/mol. The number of carbonyl (C=O) groups is 1. The molecule has 5 rings (SSSR count). The number of aromatic nitrogens is 3. The SMILES string of the molecule is CCOC(=O)CC1=CCCC(c2nc(-c3cccc(C(F)(F)F)c3)c(-c3ccnc(NC4CCCCC4)n3)s2)CC1. The molecule has 1 saturated carbocycles. The summed E-state index contributed by atoms with van der Waals surface area (Å²) >= 11 is 1.49. The molecule has 0 radical (unpaired) electrons. The molecule has 2 aliphatic carbocycles. The fourth-order valence-corrected chi connectivity index (χ4v) is 6.83. The lowest BCUT2D eigenvalue weighted by Gasteiger charge is -2.22. The lowest BCUT2D eigenvalue weighted by molar-refractivity contribution is -0.142. The number of nitrogens with zero attached hydrogens (tertiary/aromatic N) is 3. The largest absolute Gasteiger partial charge is 0.466 e. The Labute approximate surface area is 242 Å². The van der Waals surface area contributed by atoms with Crippen molar-refractivity contribution < 1.29 is 22.7 Å². The van der Waals surface area contributed by atoms with Crippen LogP contribution in [0.1, 0.15) is 87.6 Å². The van der Waals surface area contributed by atoms with Crippen molar-refractivity contribution in [1.82, 2.24) is 15.0 Å². The summed E-state index contributed by atoms with van der Waals surface area (Å²) in [5, 5.41) is 4.33. The van der Waals surface area contributed by atoms with Gasteiger partial charge >= 0.3 is 12.1 Å². The topological polar surface area (TPSA) is 77.0 Å². The first-order valence-electron chi connectivity index (χ1n) is 14.4. The Hall–Kier alpha value is -3.27. The molecule has 41 heavy (non-hydrogen) atoms. The molecule has 6 nitrogen and oxygen atoms in total. The quantitative estimate of drug-likeness (QED) is 0.211. The molecule has 0 aliphatic heterocycles. The Balaban J connectivity index is 1.46. The highest BCUT2D eigenvalue weighted by Gasteiger charge is 2.31. The van der Waals surface area contributed by atoms with E-state index in [-0.39, 0.29) is 18.3 Å². The second kappa shape index (κ2) is 13.1. The fourth-order valence-electron chi connectivity index (χ4n) is 5.61. The third-order valence-corrected chi connectivity index (χ3v) is 8.96. The molecule has 0 spiro atoms. The van der Waals surface area contributed by atoms with E-state index in [1.165, 1.54) is 36.7 Å². The molecule has 1 atom stereocenters. The molecule has 10 heteroatoms. The van der Waals surface area contributed by atoms with Gasteiger partial charge in [0.25, 0.3) is 0 Å². The molecule has 1 N–H and O–H groups in total. The lowest BCUT2D eigenvalue weighted by Crippen LogP contribution is -2.23. The summed E-state index contributed by atoms with van der Waals surface area (Å²) in [6.45, 7) is 2.15. The molecule has 0 amide bonds. The summed E-state index contributed by atoms with van der Waals surface area (Å²) in [6.07, 6.45) is 8.58. The molecular weight excluding hydrogens is 549 g/mol. The first kappa shape index (κ1) is 29.2. The molecule has 2 aromatic heterocycles. The van der Waals surface area contributed by atoms with E-state index in [2.05, 4.69) is 16.4 Å². The van der Waals surface area contributed by atoms with E-state index in [1.54, 1.807) is 25.3 Å². The van der Waals surface area contributed by atoms with Crippen molar-refractivity contribution in [2.24, 2.45) is 0 Å². The average Bonchev–Trinajstić information content (AvgIpc) is 3.28. The molecule has 2 heterocycles. The lowest BCUT2D eigenvalue weighted by atomic mass is 9.96. The minimum Gasteiger partial charge on any atom is -0.466 e. The number of nitrogens with one attached hydrogen (secondary N) is 1. The van der Waals surface area contributed by atoms with E-state index >= 15 is 0 Å². The number of benzene rings is 1. The fraction of sp³-hybridized carbons (Fsp3) is 0.484. The third kappa shape index (κ3) is 7.52. The Bertz CT molecular complexity index is 1380. The second-order valence-electron chi connectivity index (χ2n) is 10.7. The number of carbonyl (C=O) groups excluding carboxylic acids is 1. The van der Waals surface area contributed by atoms with E-state index in [9.17, 15) is 18.0 Å². The summed E-state index contributed by atoms with van der Waals surface area (Å²) in [7, 11) is 0. The maximum atomic E-state index is 13.6. The predicted octanol–water partition coefficient (Wildman–Crippen LogP) is 8.57. The Morgan fingerprint density at radius 3 is 2.71 bits per heavy atom. The minimum absolute atomic E-state index is 0.121. The van der Waals surface area contributed by atoms with Gasteiger partial charge in [0.1, 0.15) is 0 Å². The van der Waals surface area contributed by atoms with Gasteiger partial charge in [-0.2, -0.15) is 13.2 Å². The van der Waals surface area contributed by atoms with Crippen LogP contribution < -0.4 is 5.32 Å². The molecule has 0 bridgehead atoms. The molecule has 218 valence electrons. The van der Waals surface area contributed by atoms with Crippen molar-refractivity contribution in [1.29, 1.82) is 0 Å². The van der Waals surface area contributed by atoms with Gasteiger partial charge in [0.05, 0.1) is 39.9 Å². The van der Waals surface area contributed by atoms with Gasteiger partial charge in [-0.3, -0.25) is 4.79 Å². The maximum absolute atomic E-state index is 13.6. The number of hydrogen-bond acceptors (Lipinski definition) is 7. The van der Waals surface area contributed by atoms with E-state index < -0.39 is 11.7 Å². The summed E-state index contributed by atoms with van der Waals surface area (Å²) in [5.74, 6) is 0.430. The molecule has 1 unspecified atom stereocenters. The zero-order valence-corrected chi connectivity index (χ0v) is 24.0. The normalized spacial score (nSPS) is 18.4. The molecule has 3 aromatic rings. The van der Waals surface area contributed by atoms with Crippen molar-refractivity contribution in [2.45, 2.75) is 89.3 Å². The van der Waals surface area contributed by atoms with Crippen LogP contribution in [0.15, 0.2) is 48.2 Å². The first-order valence-corrected chi connectivity index (χ1v) is 15.2. The smallest absolute Gasteiger partial charge is 0.416 e. The summed E-state index contributed by atoms with van der Waals surface area (Å²) < 4.78 is 46.0. The van der Waals surface area contributed by atoms with Crippen molar-refractivity contribution in [3.8, 4) is 21.8 Å². The van der Waals surface area contributed by atoms with Crippen LogP contribution in [0.25, 0.3) is 21.8 Å². The Morgan fingerprint density at radius 1 is 1.10 bits per heavy atom. The average molecular weight is 585 g/mol. The highest BCUT2D eigenvalue weighted by Crippen LogP contribution is 2.43. The van der Waals surface area contributed by atoms with Gasteiger partial charge in [0, 0.05) is 23.7 Å². The number of esters is 1. The van der Waals surface area contributed by atoms with Gasteiger partial charge in [-0.1, -0.05) is 43.0 Å². The van der Waals surface area contributed by atoms with Crippen molar-refractivity contribution in [2.75, 3.05) is 11.9 Å². The Morgan fingerprint density at radius 2 is 1.93 bits per heavy atom. The highest BCUT2D eigenvalue weighted by molar-refractivity contribution is 7.15. The van der Waals surface area contributed by atoms with E-state index in [4.69, 9.17) is 14.7 Å². The van der Waals surface area contributed by atoms with Gasteiger partial charge in [-0.15, -0.1) is 11.3 Å². The zero-order valence-electron chi connectivity index (χ0n) is 23.2. The van der Waals surface area contributed by atoms with Crippen LogP contribution >= 0.6 is 11.3 Å². The van der Waals surface area contributed by atoms with Crippen LogP contribution in [0.5, 0.6) is 0 Å². The number of ether oxygens (including phenoxy) is 1. The van der Waals surface area contributed by atoms with Gasteiger partial charge < -0.3 is 10.1 Å². The number of allylic oxidation sites excluding steroid dienone is 1. The van der Waals surface area contributed by atoms with E-state index in [0.717, 1.165) is 66.1 Å². The standard InChI is InChI=1S/C31H35F3N4O2S/c1-2-40-26(39)18-20-8-6-9-21(15-14-20)29-38-27(22-10-7-11-23(19-22)31(32,33)34)28(41-29)25-16-17-35-30(37-25)36-24-12-4-3-5-13-24/h7-8,10-11,16-17,19,21,24H,2-6,9,12-15,18H2,1H3,(H,35,36,37). The summed E-state index contributed by atoms with van der Waals surface area (Å²) in [6, 6.07) is 7.46. The van der Waals surface area contributed by atoms with Gasteiger partial charge in [0.15, 0.2) is 0 Å². The number of hydrogen-bond donors (Lipinski definition) is 1. The zero-order chi connectivity index (χ0) is 28.8. The van der Waals surface area contributed by atoms with E-state index in [1.807, 2.05) is 0 Å². The van der Waals surface area contributed by atoms with Crippen LogP contribution in [0.4, 0.5) is 19.1 Å². The number of anilines is 1. The summed E-state index contributed by atoms with van der Waals surface area (Å²) in [4.78, 5) is 26.9. The van der Waals surface area contributed by atoms with Crippen molar-refractivity contribution in [3.63, 3.8) is 0 Å². The highest BCUT2D eigenvalue weighted by atomic mass is 32.1. The minimum atomic E-state index is -4.46. The van der Waals surface area contributed by atoms with Crippen LogP contribution in [0.2, 0.25) is 0 Å². The van der Waals surface area contributed by atoms with Gasteiger partial charge in [-0.25, -0.2) is 15.0 Å². The molecular formula is C31H35F3N4O2S. The van der Waals surface area contributed by atoms with Crippen molar-refractivity contribution >= 4 is 23.3 Å². The molecule has 2 aliphatic rings. The number of rotatable bonds is 8. The third-order valence-electron chi connectivity index (χ3n) is 7.72. The van der Waals surface area contributed by atoms with Gasteiger partial charge in [-0.05, 0) is 63.6 Å². The predicted molar refractivity (Wildman–Crippen MR) is 155 cm³/mol. The molecule has 1 aromatic carbocycles. The van der Waals surface area contributed by atoms with E-state index in [0.29, 0.717) is 35.5 Å². The van der Waals surface area contributed by atoms with Crippen molar-refractivity contribution in [3.05, 3.63) is 58.7 Å². The molecule has 0 saturated heterocycles. The van der Waals surface area contributed by atoms with Crippen LogP contribution in [-0.2, 0) is 15.7 Å². The van der Waals surface area contributed by atoms with Gasteiger partial charge in [0.2, 0.25) is 5.95 Å². The van der Waals surface area contributed by atoms with Crippen LogP contribution in [-0.4, -0.2) is 33.6 Å². The number of alkyl halides is 3. The van der Waals surface area contributed by atoms with Crippen LogP contribution in [0.3, 0.4) is 0 Å². The second-order valence-corrected chi connectivity index (χ2v) is 11.7. The maximum Gasteiger partial charge on any atom is 0.416 e. The molecule has 1 fully saturated rings. The Kier molecular flexibility index (Phi) is 9.37. The number of thiazole rings is 1. The first-order chi connectivity index (χ1) is 19.8. The van der Waals surface area contributed by atoms with Crippen LogP contribution in [0, 0.1) is 0 Å². The summed E-state index contributed by atoms with van der Waals surface area (Å²) in [5.41, 5.74) is 1.91. The number of halogens is 3.